The van der Waals surface area contributed by atoms with Gasteiger partial charge in [0.1, 0.15) is 12.4 Å². The van der Waals surface area contributed by atoms with Gasteiger partial charge in [-0.2, -0.15) is 0 Å². The van der Waals surface area contributed by atoms with Crippen LogP contribution in [0.5, 0.6) is 5.75 Å². The highest BCUT2D eigenvalue weighted by Crippen LogP contribution is 2.30. The summed E-state index contributed by atoms with van der Waals surface area (Å²) in [6.07, 6.45) is 1.79. The highest BCUT2D eigenvalue weighted by atomic mass is 32.2. The molecule has 0 saturated carbocycles. The molecule has 156 valence electrons. The molecule has 9 heteroatoms. The fourth-order valence-corrected chi connectivity index (χ4v) is 4.43. The Hall–Kier alpha value is -2.91. The van der Waals surface area contributed by atoms with Crippen LogP contribution in [0.25, 0.3) is 11.3 Å². The molecule has 1 unspecified atom stereocenters. The molecule has 3 aromatic rings. The zero-order chi connectivity index (χ0) is 21.3. The summed E-state index contributed by atoms with van der Waals surface area (Å²) in [6, 6.07) is 14.8. The summed E-state index contributed by atoms with van der Waals surface area (Å²) in [5.74, 6) is 0.455. The van der Waals surface area contributed by atoms with Crippen molar-refractivity contribution in [3.63, 3.8) is 0 Å². The second kappa shape index (κ2) is 8.08. The number of fused-ring (bicyclic) bond motifs is 1. The molecule has 2 aromatic carbocycles. The van der Waals surface area contributed by atoms with Gasteiger partial charge in [0.2, 0.25) is 15.9 Å². The zero-order valence-electron chi connectivity index (χ0n) is 16.5. The van der Waals surface area contributed by atoms with E-state index in [1.165, 1.54) is 22.7 Å². The van der Waals surface area contributed by atoms with E-state index in [4.69, 9.17) is 4.74 Å². The van der Waals surface area contributed by atoms with Gasteiger partial charge in [-0.15, -0.1) is 11.3 Å². The third-order valence-electron chi connectivity index (χ3n) is 5.01. The number of para-hydroxylation sites is 1. The van der Waals surface area contributed by atoms with Crippen LogP contribution in [0.4, 0.5) is 10.8 Å². The van der Waals surface area contributed by atoms with E-state index in [9.17, 15) is 13.2 Å². The van der Waals surface area contributed by atoms with Crippen LogP contribution in [0, 0.1) is 5.92 Å². The van der Waals surface area contributed by atoms with E-state index in [1.54, 1.807) is 12.1 Å². The first-order valence-electron chi connectivity index (χ1n) is 9.33. The smallest absolute Gasteiger partial charge is 0.233 e. The van der Waals surface area contributed by atoms with Crippen molar-refractivity contribution >= 4 is 38.1 Å². The molecule has 0 spiro atoms. The number of sulfonamides is 1. The third kappa shape index (κ3) is 4.31. The van der Waals surface area contributed by atoms with Crippen molar-refractivity contribution < 1.29 is 17.9 Å². The second-order valence-corrected chi connectivity index (χ2v) is 10.00. The van der Waals surface area contributed by atoms with Crippen molar-refractivity contribution in [2.45, 2.75) is 6.42 Å². The normalized spacial score (nSPS) is 15.7. The number of benzene rings is 2. The number of carbonyl (C=O) groups excluding carboxylic acids is 1. The van der Waals surface area contributed by atoms with E-state index >= 15 is 0 Å². The molecule has 4 rings (SSSR count). The fourth-order valence-electron chi connectivity index (χ4n) is 3.20. The highest BCUT2D eigenvalue weighted by Gasteiger charge is 2.26. The predicted octanol–water partition coefficient (Wildman–Crippen LogP) is 3.40. The Bertz CT molecular complexity index is 1170. The molecular weight excluding hydrogens is 422 g/mol. The van der Waals surface area contributed by atoms with E-state index in [0.717, 1.165) is 23.1 Å². The van der Waals surface area contributed by atoms with Crippen molar-refractivity contribution in [2.24, 2.45) is 5.92 Å². The Balaban J connectivity index is 1.43. The topological polar surface area (TPSA) is 88.6 Å². The molecule has 0 aliphatic carbocycles. The van der Waals surface area contributed by atoms with E-state index in [2.05, 4.69) is 10.3 Å². The lowest BCUT2D eigenvalue weighted by molar-refractivity contribution is -0.121. The average Bonchev–Trinajstić information content (AvgIpc) is 3.20. The molecule has 1 N–H and O–H groups in total. The highest BCUT2D eigenvalue weighted by molar-refractivity contribution is 7.92. The van der Waals surface area contributed by atoms with Crippen LogP contribution < -0.4 is 14.4 Å². The number of rotatable bonds is 5. The van der Waals surface area contributed by atoms with E-state index in [0.29, 0.717) is 29.5 Å². The summed E-state index contributed by atoms with van der Waals surface area (Å²) in [5, 5.41) is 5.26. The summed E-state index contributed by atoms with van der Waals surface area (Å²) in [4.78, 5) is 17.1. The van der Waals surface area contributed by atoms with E-state index in [1.807, 2.05) is 41.8 Å². The Labute approximate surface area is 179 Å². The molecular formula is C21H21N3O4S2. The largest absolute Gasteiger partial charge is 0.492 e. The monoisotopic (exact) mass is 443 g/mol. The maximum absolute atomic E-state index is 12.6. The van der Waals surface area contributed by atoms with Gasteiger partial charge in [0.05, 0.1) is 23.6 Å². The summed E-state index contributed by atoms with van der Waals surface area (Å²) in [7, 11) is -1.80. The van der Waals surface area contributed by atoms with Gasteiger partial charge in [0, 0.05) is 18.0 Å². The Kier molecular flexibility index (Phi) is 5.48. The second-order valence-electron chi connectivity index (χ2n) is 7.12. The van der Waals surface area contributed by atoms with Gasteiger partial charge in [-0.3, -0.25) is 9.10 Å². The van der Waals surface area contributed by atoms with Crippen molar-refractivity contribution in [2.75, 3.05) is 29.5 Å². The molecule has 1 aliphatic heterocycles. The number of carbonyl (C=O) groups is 1. The molecule has 0 fully saturated rings. The van der Waals surface area contributed by atoms with Gasteiger partial charge in [-0.1, -0.05) is 30.3 Å². The van der Waals surface area contributed by atoms with Gasteiger partial charge in [-0.05, 0) is 30.2 Å². The molecule has 0 bridgehead atoms. The molecule has 1 aliphatic rings. The van der Waals surface area contributed by atoms with Crippen molar-refractivity contribution in [1.29, 1.82) is 0 Å². The number of anilines is 2. The molecule has 7 nitrogen and oxygen atoms in total. The van der Waals surface area contributed by atoms with Gasteiger partial charge in [0.25, 0.3) is 0 Å². The van der Waals surface area contributed by atoms with Crippen LogP contribution in [-0.4, -0.2) is 39.2 Å². The number of hydrogen-bond acceptors (Lipinski definition) is 6. The van der Waals surface area contributed by atoms with E-state index < -0.39 is 10.0 Å². The SMILES string of the molecule is CN(c1ccc(-c2csc(NC(=O)C3COc4ccccc4C3)n2)cc1)S(C)(=O)=O. The number of ether oxygens (including phenoxy) is 1. The van der Waals surface area contributed by atoms with Gasteiger partial charge < -0.3 is 10.1 Å². The van der Waals surface area contributed by atoms with Gasteiger partial charge in [-0.25, -0.2) is 13.4 Å². The fraction of sp³-hybridized carbons (Fsp3) is 0.238. The van der Waals surface area contributed by atoms with Crippen molar-refractivity contribution in [3.05, 3.63) is 59.5 Å². The van der Waals surface area contributed by atoms with Crippen LogP contribution in [0.3, 0.4) is 0 Å². The third-order valence-corrected chi connectivity index (χ3v) is 6.97. The molecule has 0 radical (unpaired) electrons. The Morgan fingerprint density at radius 3 is 2.67 bits per heavy atom. The first kappa shape index (κ1) is 20.4. The minimum atomic E-state index is -3.31. The number of nitrogens with one attached hydrogen (secondary N) is 1. The lowest BCUT2D eigenvalue weighted by Crippen LogP contribution is -2.32. The van der Waals surface area contributed by atoms with Crippen LogP contribution >= 0.6 is 11.3 Å². The molecule has 1 atom stereocenters. The first-order valence-corrected chi connectivity index (χ1v) is 12.1. The lowest BCUT2D eigenvalue weighted by Gasteiger charge is -2.24. The molecule has 30 heavy (non-hydrogen) atoms. The maximum atomic E-state index is 12.6. The molecule has 1 aromatic heterocycles. The zero-order valence-corrected chi connectivity index (χ0v) is 18.2. The van der Waals surface area contributed by atoms with E-state index in [-0.39, 0.29) is 11.8 Å². The number of amides is 1. The van der Waals surface area contributed by atoms with Crippen LogP contribution in [0.15, 0.2) is 53.9 Å². The minimum absolute atomic E-state index is 0.115. The van der Waals surface area contributed by atoms with Crippen LogP contribution in [0.1, 0.15) is 5.56 Å². The summed E-state index contributed by atoms with van der Waals surface area (Å²) in [5.41, 5.74) is 3.16. The van der Waals surface area contributed by atoms with Gasteiger partial charge in [0.15, 0.2) is 5.13 Å². The number of aromatic nitrogens is 1. The number of thiazole rings is 1. The average molecular weight is 444 g/mol. The van der Waals surface area contributed by atoms with Crippen molar-refractivity contribution in [1.82, 2.24) is 4.98 Å². The lowest BCUT2D eigenvalue weighted by atomic mass is 9.96. The summed E-state index contributed by atoms with van der Waals surface area (Å²) in [6.45, 7) is 0.344. The summed E-state index contributed by atoms with van der Waals surface area (Å²) >= 11 is 1.35. The first-order chi connectivity index (χ1) is 14.3. The molecule has 0 saturated heterocycles. The van der Waals surface area contributed by atoms with Crippen LogP contribution in [0.2, 0.25) is 0 Å². The summed E-state index contributed by atoms with van der Waals surface area (Å²) < 4.78 is 30.2. The Morgan fingerprint density at radius 1 is 1.20 bits per heavy atom. The minimum Gasteiger partial charge on any atom is -0.492 e. The predicted molar refractivity (Wildman–Crippen MR) is 119 cm³/mol. The van der Waals surface area contributed by atoms with Gasteiger partial charge >= 0.3 is 0 Å². The Morgan fingerprint density at radius 2 is 1.93 bits per heavy atom. The molecule has 2 heterocycles. The number of nitrogens with zero attached hydrogens (tertiary/aromatic N) is 2. The number of hydrogen-bond donors (Lipinski definition) is 1. The van der Waals surface area contributed by atoms with Crippen LogP contribution in [-0.2, 0) is 21.2 Å². The maximum Gasteiger partial charge on any atom is 0.233 e. The van der Waals surface area contributed by atoms with Crippen molar-refractivity contribution in [3.8, 4) is 17.0 Å². The molecule has 1 amide bonds. The standard InChI is InChI=1S/C21H21N3O4S2/c1-24(30(2,26)27)17-9-7-14(8-10-17)18-13-29-21(22-18)23-20(25)16-11-15-5-3-4-6-19(15)28-12-16/h3-10,13,16H,11-12H2,1-2H3,(H,22,23,25). The quantitative estimate of drug-likeness (QED) is 0.653.